The molecule has 1 N–H and O–H groups in total. The second kappa shape index (κ2) is 3.30. The van der Waals surface area contributed by atoms with Crippen molar-refractivity contribution < 1.29 is 18.7 Å². The first-order valence-electron chi connectivity index (χ1n) is 3.77. The second-order valence-corrected chi connectivity index (χ2v) is 3.78. The van der Waals surface area contributed by atoms with Gasteiger partial charge >= 0.3 is 0 Å². The maximum atomic E-state index is 13.4. The monoisotopic (exact) mass is 308 g/mol. The van der Waals surface area contributed by atoms with E-state index in [1.807, 2.05) is 22.6 Å². The molecule has 5 heteroatoms. The molecule has 0 aliphatic rings. The average Bonchev–Trinajstić information content (AvgIpc) is 2.49. The van der Waals surface area contributed by atoms with Gasteiger partial charge in [0.25, 0.3) is 0 Å². The van der Waals surface area contributed by atoms with Crippen molar-refractivity contribution in [2.24, 2.45) is 0 Å². The Kier molecular flexibility index (Phi) is 2.26. The Bertz CT molecular complexity index is 492. The summed E-state index contributed by atoms with van der Waals surface area (Å²) in [6, 6.07) is 1.19. The van der Waals surface area contributed by atoms with Crippen LogP contribution in [0.3, 0.4) is 0 Å². The standard InChI is InChI=1S/C9H6FIO3/c1-13-9-5(10)2-4-6(12)3-14-8(4)7(9)11/h2-3,12H,1H3. The summed E-state index contributed by atoms with van der Waals surface area (Å²) in [4.78, 5) is 0. The minimum absolute atomic E-state index is 0.0699. The van der Waals surface area contributed by atoms with Gasteiger partial charge in [0.1, 0.15) is 9.83 Å². The third-order valence-corrected chi connectivity index (χ3v) is 2.88. The van der Waals surface area contributed by atoms with E-state index < -0.39 is 5.82 Å². The van der Waals surface area contributed by atoms with E-state index in [4.69, 9.17) is 9.15 Å². The predicted molar refractivity (Wildman–Crippen MR) is 57.1 cm³/mol. The van der Waals surface area contributed by atoms with Gasteiger partial charge in [-0.1, -0.05) is 0 Å². The van der Waals surface area contributed by atoms with E-state index in [1.165, 1.54) is 19.4 Å². The highest BCUT2D eigenvalue weighted by Crippen LogP contribution is 2.37. The molecule has 74 valence electrons. The van der Waals surface area contributed by atoms with Crippen LogP contribution in [0.2, 0.25) is 0 Å². The van der Waals surface area contributed by atoms with Crippen LogP contribution in [0.15, 0.2) is 16.7 Å². The second-order valence-electron chi connectivity index (χ2n) is 2.70. The fraction of sp³-hybridized carbons (Fsp3) is 0.111. The van der Waals surface area contributed by atoms with Crippen LogP contribution in [0.1, 0.15) is 0 Å². The molecule has 14 heavy (non-hydrogen) atoms. The molecule has 0 saturated carbocycles. The lowest BCUT2D eigenvalue weighted by atomic mass is 10.2. The van der Waals surface area contributed by atoms with Crippen LogP contribution >= 0.6 is 22.6 Å². The molecule has 3 nitrogen and oxygen atoms in total. The lowest BCUT2D eigenvalue weighted by Crippen LogP contribution is -1.91. The maximum Gasteiger partial charge on any atom is 0.171 e. The Morgan fingerprint density at radius 1 is 1.57 bits per heavy atom. The minimum atomic E-state index is -0.513. The third kappa shape index (κ3) is 1.23. The SMILES string of the molecule is COc1c(F)cc2c(O)coc2c1I. The molecular formula is C9H6FIO3. The number of ether oxygens (including phenoxy) is 1. The van der Waals surface area contributed by atoms with Crippen molar-refractivity contribution >= 4 is 33.6 Å². The molecule has 0 saturated heterocycles. The summed E-state index contributed by atoms with van der Waals surface area (Å²) in [6.45, 7) is 0. The van der Waals surface area contributed by atoms with Gasteiger partial charge in [0.15, 0.2) is 22.9 Å². The lowest BCUT2D eigenvalue weighted by Gasteiger charge is -2.04. The molecule has 2 rings (SSSR count). The summed E-state index contributed by atoms with van der Waals surface area (Å²) in [7, 11) is 1.38. The molecule has 0 unspecified atom stereocenters. The molecule has 0 amide bonds. The van der Waals surface area contributed by atoms with Crippen molar-refractivity contribution in [3.63, 3.8) is 0 Å². The van der Waals surface area contributed by atoms with Crippen molar-refractivity contribution in [2.75, 3.05) is 7.11 Å². The van der Waals surface area contributed by atoms with E-state index in [9.17, 15) is 9.50 Å². The van der Waals surface area contributed by atoms with Crippen molar-refractivity contribution in [3.8, 4) is 11.5 Å². The first kappa shape index (κ1) is 9.57. The molecule has 0 fully saturated rings. The fourth-order valence-corrected chi connectivity index (χ4v) is 2.15. The Morgan fingerprint density at radius 2 is 2.29 bits per heavy atom. The molecule has 1 heterocycles. The van der Waals surface area contributed by atoms with E-state index in [1.54, 1.807) is 0 Å². The van der Waals surface area contributed by atoms with Crippen molar-refractivity contribution in [1.82, 2.24) is 0 Å². The zero-order valence-corrected chi connectivity index (χ0v) is 9.33. The number of methoxy groups -OCH3 is 1. The summed E-state index contributed by atoms with van der Waals surface area (Å²) in [5.41, 5.74) is 0.432. The largest absolute Gasteiger partial charge is 0.504 e. The number of hydrogen-bond donors (Lipinski definition) is 1. The summed E-state index contributed by atoms with van der Waals surface area (Å²) in [5, 5.41) is 9.67. The lowest BCUT2D eigenvalue weighted by molar-refractivity contribution is 0.383. The van der Waals surface area contributed by atoms with Gasteiger partial charge in [0, 0.05) is 0 Å². The summed E-state index contributed by atoms with van der Waals surface area (Å²) in [5.74, 6) is -0.451. The molecular weight excluding hydrogens is 302 g/mol. The van der Waals surface area contributed by atoms with Crippen LogP contribution in [0.5, 0.6) is 11.5 Å². The molecule has 0 spiro atoms. The average molecular weight is 308 g/mol. The van der Waals surface area contributed by atoms with Crippen LogP contribution in [0, 0.1) is 9.39 Å². The van der Waals surface area contributed by atoms with E-state index in [0.717, 1.165) is 0 Å². The van der Waals surface area contributed by atoms with Gasteiger partial charge in [-0.3, -0.25) is 0 Å². The van der Waals surface area contributed by atoms with Crippen LogP contribution in [-0.4, -0.2) is 12.2 Å². The highest BCUT2D eigenvalue weighted by molar-refractivity contribution is 14.1. The number of furan rings is 1. The molecule has 2 aromatic rings. The van der Waals surface area contributed by atoms with Gasteiger partial charge in [-0.25, -0.2) is 4.39 Å². The molecule has 0 aliphatic carbocycles. The van der Waals surface area contributed by atoms with Crippen LogP contribution < -0.4 is 4.74 Å². The topological polar surface area (TPSA) is 42.6 Å². The number of fused-ring (bicyclic) bond motifs is 1. The van der Waals surface area contributed by atoms with Gasteiger partial charge in [0.2, 0.25) is 0 Å². The molecule has 0 aliphatic heterocycles. The first-order valence-corrected chi connectivity index (χ1v) is 4.85. The Labute approximate surface area is 92.6 Å². The summed E-state index contributed by atoms with van der Waals surface area (Å²) >= 11 is 1.91. The number of aromatic hydroxyl groups is 1. The van der Waals surface area contributed by atoms with Crippen molar-refractivity contribution in [1.29, 1.82) is 0 Å². The zero-order valence-electron chi connectivity index (χ0n) is 7.17. The molecule has 0 atom stereocenters. The van der Waals surface area contributed by atoms with Crippen molar-refractivity contribution in [3.05, 3.63) is 21.7 Å². The van der Waals surface area contributed by atoms with E-state index in [-0.39, 0.29) is 11.5 Å². The Hall–Kier alpha value is -0.980. The smallest absolute Gasteiger partial charge is 0.171 e. The molecule has 0 radical (unpaired) electrons. The third-order valence-electron chi connectivity index (χ3n) is 1.90. The van der Waals surface area contributed by atoms with Gasteiger partial charge in [-0.05, 0) is 28.7 Å². The quantitative estimate of drug-likeness (QED) is 0.824. The van der Waals surface area contributed by atoms with Crippen molar-refractivity contribution in [2.45, 2.75) is 0 Å². The Morgan fingerprint density at radius 3 is 2.93 bits per heavy atom. The number of hydrogen-bond acceptors (Lipinski definition) is 3. The van der Waals surface area contributed by atoms with Gasteiger partial charge in [0.05, 0.1) is 12.5 Å². The molecule has 0 bridgehead atoms. The first-order chi connectivity index (χ1) is 6.65. The molecule has 1 aromatic heterocycles. The normalized spacial score (nSPS) is 10.8. The predicted octanol–water partition coefficient (Wildman–Crippen LogP) is 2.89. The zero-order chi connectivity index (χ0) is 10.3. The summed E-state index contributed by atoms with van der Waals surface area (Å²) < 4.78 is 23.8. The highest BCUT2D eigenvalue weighted by Gasteiger charge is 2.16. The van der Waals surface area contributed by atoms with Crippen LogP contribution in [-0.2, 0) is 0 Å². The number of rotatable bonds is 1. The summed E-state index contributed by atoms with van der Waals surface area (Å²) in [6.07, 6.45) is 1.17. The number of halogens is 2. The Balaban J connectivity index is 2.87. The van der Waals surface area contributed by atoms with E-state index >= 15 is 0 Å². The number of benzene rings is 1. The highest BCUT2D eigenvalue weighted by atomic mass is 127. The maximum absolute atomic E-state index is 13.4. The fourth-order valence-electron chi connectivity index (χ4n) is 1.25. The molecule has 1 aromatic carbocycles. The van der Waals surface area contributed by atoms with Gasteiger partial charge in [-0.15, -0.1) is 0 Å². The minimum Gasteiger partial charge on any atom is -0.504 e. The van der Waals surface area contributed by atoms with E-state index in [0.29, 0.717) is 14.5 Å². The van der Waals surface area contributed by atoms with Gasteiger partial charge < -0.3 is 14.3 Å². The van der Waals surface area contributed by atoms with Crippen LogP contribution in [0.4, 0.5) is 4.39 Å². The van der Waals surface area contributed by atoms with Gasteiger partial charge in [-0.2, -0.15) is 0 Å². The van der Waals surface area contributed by atoms with E-state index in [2.05, 4.69) is 0 Å². The van der Waals surface area contributed by atoms with Crippen LogP contribution in [0.25, 0.3) is 11.0 Å².